The summed E-state index contributed by atoms with van der Waals surface area (Å²) in [5.41, 5.74) is 1.19. The Morgan fingerprint density at radius 2 is 1.72 bits per heavy atom. The first kappa shape index (κ1) is 15.2. The SMILES string of the molecule is Cl.Oc1ccc(C2CCN(CC(F)F)CC2)cc1. The minimum absolute atomic E-state index is 0. The van der Waals surface area contributed by atoms with E-state index in [4.69, 9.17) is 0 Å². The summed E-state index contributed by atoms with van der Waals surface area (Å²) in [4.78, 5) is 1.82. The average Bonchev–Trinajstić information content (AvgIpc) is 2.30. The molecule has 0 spiro atoms. The van der Waals surface area contributed by atoms with Crippen LogP contribution in [-0.4, -0.2) is 36.1 Å². The Morgan fingerprint density at radius 3 is 2.22 bits per heavy atom. The molecule has 1 aliphatic rings. The highest BCUT2D eigenvalue weighted by molar-refractivity contribution is 5.85. The molecule has 1 fully saturated rings. The van der Waals surface area contributed by atoms with Gasteiger partial charge in [-0.2, -0.15) is 0 Å². The van der Waals surface area contributed by atoms with Crippen molar-refractivity contribution in [3.05, 3.63) is 29.8 Å². The normalized spacial score (nSPS) is 17.7. The van der Waals surface area contributed by atoms with Crippen molar-refractivity contribution in [3.63, 3.8) is 0 Å². The summed E-state index contributed by atoms with van der Waals surface area (Å²) in [5.74, 6) is 0.702. The van der Waals surface area contributed by atoms with Gasteiger partial charge >= 0.3 is 0 Å². The maximum Gasteiger partial charge on any atom is 0.251 e. The number of aromatic hydroxyl groups is 1. The van der Waals surface area contributed by atoms with E-state index in [0.717, 1.165) is 25.9 Å². The number of piperidine rings is 1. The number of hydrogen-bond donors (Lipinski definition) is 1. The van der Waals surface area contributed by atoms with Crippen LogP contribution in [0.25, 0.3) is 0 Å². The van der Waals surface area contributed by atoms with Crippen LogP contribution in [0.4, 0.5) is 8.78 Å². The first-order valence-corrected chi connectivity index (χ1v) is 5.94. The van der Waals surface area contributed by atoms with Gasteiger partial charge in [-0.25, -0.2) is 8.78 Å². The third-order valence-electron chi connectivity index (χ3n) is 3.35. The van der Waals surface area contributed by atoms with Gasteiger partial charge in [0.15, 0.2) is 0 Å². The van der Waals surface area contributed by atoms with Crippen molar-refractivity contribution in [2.45, 2.75) is 25.2 Å². The van der Waals surface area contributed by atoms with Gasteiger partial charge in [-0.05, 0) is 49.5 Å². The number of phenolic OH excluding ortho intramolecular Hbond substituents is 1. The summed E-state index contributed by atoms with van der Waals surface area (Å²) in [6.45, 7) is 1.36. The van der Waals surface area contributed by atoms with Gasteiger partial charge in [-0.1, -0.05) is 12.1 Å². The van der Waals surface area contributed by atoms with Crippen molar-refractivity contribution in [2.24, 2.45) is 0 Å². The van der Waals surface area contributed by atoms with E-state index in [2.05, 4.69) is 0 Å². The lowest BCUT2D eigenvalue weighted by molar-refractivity contribution is 0.0754. The zero-order valence-corrected chi connectivity index (χ0v) is 10.9. The lowest BCUT2D eigenvalue weighted by Gasteiger charge is -2.31. The van der Waals surface area contributed by atoms with Gasteiger partial charge in [0, 0.05) is 0 Å². The van der Waals surface area contributed by atoms with Crippen LogP contribution in [0, 0.1) is 0 Å². The maximum atomic E-state index is 12.2. The largest absolute Gasteiger partial charge is 0.508 e. The highest BCUT2D eigenvalue weighted by Crippen LogP contribution is 2.29. The summed E-state index contributed by atoms with van der Waals surface area (Å²) in [6.07, 6.45) is -0.408. The van der Waals surface area contributed by atoms with Crippen LogP contribution >= 0.6 is 12.4 Å². The van der Waals surface area contributed by atoms with Gasteiger partial charge in [0.05, 0.1) is 6.54 Å². The minimum atomic E-state index is -2.24. The highest BCUT2D eigenvalue weighted by atomic mass is 35.5. The van der Waals surface area contributed by atoms with Crippen molar-refractivity contribution >= 4 is 12.4 Å². The van der Waals surface area contributed by atoms with Crippen LogP contribution in [0.3, 0.4) is 0 Å². The first-order valence-electron chi connectivity index (χ1n) is 5.94. The van der Waals surface area contributed by atoms with Crippen LogP contribution in [-0.2, 0) is 0 Å². The number of alkyl halides is 2. The summed E-state index contributed by atoms with van der Waals surface area (Å²) < 4.78 is 24.4. The second kappa shape index (κ2) is 6.90. The minimum Gasteiger partial charge on any atom is -0.508 e. The van der Waals surface area contributed by atoms with Crippen molar-refractivity contribution < 1.29 is 13.9 Å². The Kier molecular flexibility index (Phi) is 5.82. The zero-order chi connectivity index (χ0) is 12.3. The molecule has 2 nitrogen and oxygen atoms in total. The van der Waals surface area contributed by atoms with E-state index in [1.54, 1.807) is 12.1 Å². The molecule has 0 amide bonds. The summed E-state index contributed by atoms with van der Waals surface area (Å²) in [5, 5.41) is 9.20. The lowest BCUT2D eigenvalue weighted by Crippen LogP contribution is -2.36. The van der Waals surface area contributed by atoms with Crippen LogP contribution in [0.5, 0.6) is 5.75 Å². The van der Waals surface area contributed by atoms with Gasteiger partial charge in [-0.15, -0.1) is 12.4 Å². The molecule has 0 aromatic heterocycles. The van der Waals surface area contributed by atoms with Crippen molar-refractivity contribution in [3.8, 4) is 5.75 Å². The number of halogens is 3. The molecule has 1 aromatic rings. The third-order valence-corrected chi connectivity index (χ3v) is 3.35. The number of hydrogen-bond acceptors (Lipinski definition) is 2. The summed E-state index contributed by atoms with van der Waals surface area (Å²) in [7, 11) is 0. The molecule has 0 aliphatic carbocycles. The van der Waals surface area contributed by atoms with Crippen LogP contribution in [0.2, 0.25) is 0 Å². The molecule has 2 rings (SSSR count). The second-order valence-electron chi connectivity index (χ2n) is 4.56. The van der Waals surface area contributed by atoms with Crippen molar-refractivity contribution in [1.29, 1.82) is 0 Å². The number of benzene rings is 1. The van der Waals surface area contributed by atoms with Crippen LogP contribution < -0.4 is 0 Å². The topological polar surface area (TPSA) is 23.5 Å². The molecule has 1 saturated heterocycles. The Balaban J connectivity index is 0.00000162. The van der Waals surface area contributed by atoms with Gasteiger partial charge < -0.3 is 5.11 Å². The van der Waals surface area contributed by atoms with E-state index in [1.807, 2.05) is 17.0 Å². The fraction of sp³-hybridized carbons (Fsp3) is 0.538. The van der Waals surface area contributed by atoms with Gasteiger partial charge in [-0.3, -0.25) is 4.90 Å². The Hall–Kier alpha value is -0.870. The smallest absolute Gasteiger partial charge is 0.251 e. The molecule has 1 heterocycles. The average molecular weight is 278 g/mol. The van der Waals surface area contributed by atoms with Crippen molar-refractivity contribution in [2.75, 3.05) is 19.6 Å². The standard InChI is InChI=1S/C13H17F2NO.ClH/c14-13(15)9-16-7-5-11(6-8-16)10-1-3-12(17)4-2-10;/h1-4,11,13,17H,5-9H2;1H. The molecular weight excluding hydrogens is 260 g/mol. The number of rotatable bonds is 3. The first-order chi connectivity index (χ1) is 8.15. The molecule has 5 heteroatoms. The zero-order valence-electron chi connectivity index (χ0n) is 10.1. The van der Waals surface area contributed by atoms with E-state index >= 15 is 0 Å². The number of phenols is 1. The Labute approximate surface area is 112 Å². The Morgan fingerprint density at radius 1 is 1.17 bits per heavy atom. The van der Waals surface area contributed by atoms with Gasteiger partial charge in [0.2, 0.25) is 0 Å². The molecule has 0 atom stereocenters. The Bertz CT molecular complexity index is 351. The number of likely N-dealkylation sites (tertiary alicyclic amines) is 1. The molecule has 0 radical (unpaired) electrons. The third kappa shape index (κ3) is 4.10. The van der Waals surface area contributed by atoms with Crippen molar-refractivity contribution in [1.82, 2.24) is 4.90 Å². The predicted octanol–water partition coefficient (Wildman–Crippen LogP) is 3.26. The molecule has 0 bridgehead atoms. The number of nitrogens with zero attached hydrogens (tertiary/aromatic N) is 1. The van der Waals surface area contributed by atoms with Gasteiger partial charge in [0.25, 0.3) is 6.43 Å². The fourth-order valence-corrected chi connectivity index (χ4v) is 2.39. The summed E-state index contributed by atoms with van der Waals surface area (Å²) in [6, 6.07) is 7.20. The van der Waals surface area contributed by atoms with E-state index < -0.39 is 6.43 Å². The fourth-order valence-electron chi connectivity index (χ4n) is 2.39. The molecular formula is C13H18ClF2NO. The summed E-state index contributed by atoms with van der Waals surface area (Å²) >= 11 is 0. The monoisotopic (exact) mass is 277 g/mol. The molecule has 0 saturated carbocycles. The van der Waals surface area contributed by atoms with E-state index in [-0.39, 0.29) is 24.7 Å². The van der Waals surface area contributed by atoms with E-state index in [0.29, 0.717) is 5.92 Å². The van der Waals surface area contributed by atoms with E-state index in [1.165, 1.54) is 5.56 Å². The maximum absolute atomic E-state index is 12.2. The quantitative estimate of drug-likeness (QED) is 0.917. The predicted molar refractivity (Wildman–Crippen MR) is 69.8 cm³/mol. The molecule has 1 aromatic carbocycles. The molecule has 102 valence electrons. The lowest BCUT2D eigenvalue weighted by atomic mass is 9.89. The molecule has 0 unspecified atom stereocenters. The van der Waals surface area contributed by atoms with Crippen LogP contribution in [0.1, 0.15) is 24.3 Å². The molecule has 1 N–H and O–H groups in total. The molecule has 1 aliphatic heterocycles. The second-order valence-corrected chi connectivity index (χ2v) is 4.56. The molecule has 18 heavy (non-hydrogen) atoms. The van der Waals surface area contributed by atoms with E-state index in [9.17, 15) is 13.9 Å². The highest BCUT2D eigenvalue weighted by Gasteiger charge is 2.22. The van der Waals surface area contributed by atoms with Crippen LogP contribution in [0.15, 0.2) is 24.3 Å². The van der Waals surface area contributed by atoms with Gasteiger partial charge in [0.1, 0.15) is 5.75 Å².